The summed E-state index contributed by atoms with van der Waals surface area (Å²) in [5.41, 5.74) is 1.80. The summed E-state index contributed by atoms with van der Waals surface area (Å²) in [7, 11) is 0. The first-order valence-corrected chi connectivity index (χ1v) is 6.44. The second kappa shape index (κ2) is 6.01. The van der Waals surface area contributed by atoms with Crippen molar-refractivity contribution < 1.29 is 14.3 Å². The van der Waals surface area contributed by atoms with Gasteiger partial charge in [0.05, 0.1) is 10.7 Å². The van der Waals surface area contributed by atoms with Crippen molar-refractivity contribution in [1.29, 1.82) is 0 Å². The molecule has 1 unspecified atom stereocenters. The Hall–Kier alpha value is -1.94. The fraction of sp³-hybridized carbons (Fsp3) is 0.200. The van der Waals surface area contributed by atoms with Crippen LogP contribution in [-0.4, -0.2) is 16.1 Å². The van der Waals surface area contributed by atoms with Gasteiger partial charge in [-0.15, -0.1) is 0 Å². The highest BCUT2D eigenvalue weighted by molar-refractivity contribution is 6.30. The number of benzene rings is 1. The Morgan fingerprint density at radius 1 is 1.40 bits per heavy atom. The summed E-state index contributed by atoms with van der Waals surface area (Å²) in [5, 5.41) is 9.44. The lowest BCUT2D eigenvalue weighted by molar-refractivity contribution is -0.138. The van der Waals surface area contributed by atoms with Crippen LogP contribution >= 0.6 is 11.6 Å². The Balaban J connectivity index is 2.31. The predicted octanol–water partition coefficient (Wildman–Crippen LogP) is 3.59. The Kier molecular flexibility index (Phi) is 4.35. The van der Waals surface area contributed by atoms with Gasteiger partial charge in [0.25, 0.3) is 0 Å². The second-order valence-corrected chi connectivity index (χ2v) is 5.04. The highest BCUT2D eigenvalue weighted by Crippen LogP contribution is 2.24. The van der Waals surface area contributed by atoms with Crippen molar-refractivity contribution in [1.82, 2.24) is 4.98 Å². The van der Waals surface area contributed by atoms with Gasteiger partial charge in [-0.05, 0) is 25.0 Å². The van der Waals surface area contributed by atoms with E-state index in [9.17, 15) is 14.3 Å². The molecule has 0 aliphatic carbocycles. The van der Waals surface area contributed by atoms with E-state index in [1.165, 1.54) is 6.20 Å². The monoisotopic (exact) mass is 293 g/mol. The van der Waals surface area contributed by atoms with Gasteiger partial charge < -0.3 is 5.11 Å². The molecule has 0 spiro atoms. The predicted molar refractivity (Wildman–Crippen MR) is 74.5 cm³/mol. The number of rotatable bonds is 4. The van der Waals surface area contributed by atoms with Gasteiger partial charge in [-0.3, -0.25) is 9.78 Å². The summed E-state index contributed by atoms with van der Waals surface area (Å²) in [5.74, 6) is -2.84. The molecule has 0 amide bonds. The molecule has 5 heteroatoms. The van der Waals surface area contributed by atoms with E-state index in [0.29, 0.717) is 0 Å². The van der Waals surface area contributed by atoms with Gasteiger partial charge >= 0.3 is 5.97 Å². The van der Waals surface area contributed by atoms with Crippen LogP contribution in [0, 0.1) is 12.7 Å². The van der Waals surface area contributed by atoms with E-state index >= 15 is 0 Å². The van der Waals surface area contributed by atoms with Crippen LogP contribution in [0.1, 0.15) is 22.7 Å². The van der Waals surface area contributed by atoms with E-state index in [0.717, 1.165) is 17.2 Å². The molecule has 2 aromatic rings. The summed E-state index contributed by atoms with van der Waals surface area (Å²) in [6, 6.07) is 8.52. The molecule has 1 aromatic carbocycles. The number of aliphatic carboxylic acids is 1. The molecule has 20 heavy (non-hydrogen) atoms. The summed E-state index contributed by atoms with van der Waals surface area (Å²) in [4.78, 5) is 15.2. The lowest BCUT2D eigenvalue weighted by atomic mass is 9.95. The van der Waals surface area contributed by atoms with Crippen molar-refractivity contribution in [2.75, 3.05) is 0 Å². The molecule has 1 atom stereocenters. The SMILES string of the molecule is Cc1ccc(CC(C(=O)O)c2ncc(Cl)cc2F)cc1. The summed E-state index contributed by atoms with van der Waals surface area (Å²) in [6.45, 7) is 1.94. The Bertz CT molecular complexity index is 628. The van der Waals surface area contributed by atoms with Gasteiger partial charge in [-0.2, -0.15) is 0 Å². The molecule has 0 aliphatic heterocycles. The molecule has 104 valence electrons. The highest BCUT2D eigenvalue weighted by Gasteiger charge is 2.25. The van der Waals surface area contributed by atoms with E-state index in [4.69, 9.17) is 11.6 Å². The molecule has 2 rings (SSSR count). The van der Waals surface area contributed by atoms with Crippen molar-refractivity contribution >= 4 is 17.6 Å². The zero-order valence-corrected chi connectivity index (χ0v) is 11.6. The Morgan fingerprint density at radius 3 is 2.60 bits per heavy atom. The average molecular weight is 294 g/mol. The molecule has 0 fully saturated rings. The number of halogens is 2. The first kappa shape index (κ1) is 14.5. The van der Waals surface area contributed by atoms with Gasteiger partial charge in [-0.25, -0.2) is 4.39 Å². The number of nitrogens with zero attached hydrogens (tertiary/aromatic N) is 1. The third-order valence-electron chi connectivity index (χ3n) is 3.02. The quantitative estimate of drug-likeness (QED) is 0.937. The van der Waals surface area contributed by atoms with Crippen LogP contribution in [0.15, 0.2) is 36.5 Å². The highest BCUT2D eigenvalue weighted by atomic mass is 35.5. The Labute approximate surface area is 121 Å². The molecular weight excluding hydrogens is 281 g/mol. The molecule has 0 saturated heterocycles. The molecular formula is C15H13ClFNO2. The molecule has 1 aromatic heterocycles. The number of aromatic nitrogens is 1. The number of hydrogen-bond donors (Lipinski definition) is 1. The number of pyridine rings is 1. The topological polar surface area (TPSA) is 50.2 Å². The number of carbonyl (C=O) groups is 1. The third kappa shape index (κ3) is 3.33. The van der Waals surface area contributed by atoms with E-state index in [1.54, 1.807) is 0 Å². The summed E-state index contributed by atoms with van der Waals surface area (Å²) < 4.78 is 13.8. The van der Waals surface area contributed by atoms with Gasteiger partial charge in [-0.1, -0.05) is 41.4 Å². The van der Waals surface area contributed by atoms with Crippen LogP contribution in [0.2, 0.25) is 5.02 Å². The van der Waals surface area contributed by atoms with Crippen molar-refractivity contribution in [3.05, 3.63) is 64.2 Å². The van der Waals surface area contributed by atoms with Crippen molar-refractivity contribution in [2.24, 2.45) is 0 Å². The number of aryl methyl sites for hydroxylation is 1. The minimum absolute atomic E-state index is 0.0949. The van der Waals surface area contributed by atoms with Gasteiger partial charge in [0.1, 0.15) is 11.7 Å². The smallest absolute Gasteiger partial charge is 0.313 e. The lowest BCUT2D eigenvalue weighted by Crippen LogP contribution is -2.17. The van der Waals surface area contributed by atoms with Gasteiger partial charge in [0, 0.05) is 6.20 Å². The molecule has 0 radical (unpaired) electrons. The second-order valence-electron chi connectivity index (χ2n) is 4.60. The van der Waals surface area contributed by atoms with Crippen molar-refractivity contribution in [3.63, 3.8) is 0 Å². The fourth-order valence-electron chi connectivity index (χ4n) is 1.94. The molecule has 1 heterocycles. The largest absolute Gasteiger partial charge is 0.481 e. The lowest BCUT2D eigenvalue weighted by Gasteiger charge is -2.13. The van der Waals surface area contributed by atoms with Crippen LogP contribution in [0.3, 0.4) is 0 Å². The van der Waals surface area contributed by atoms with Gasteiger partial charge in [0.2, 0.25) is 0 Å². The van der Waals surface area contributed by atoms with Crippen molar-refractivity contribution in [3.8, 4) is 0 Å². The first-order chi connectivity index (χ1) is 9.47. The standard InChI is InChI=1S/C15H13ClFNO2/c1-9-2-4-10(5-3-9)6-12(15(19)20)14-13(17)7-11(16)8-18-14/h2-5,7-8,12H,6H2,1H3,(H,19,20). The fourth-order valence-corrected chi connectivity index (χ4v) is 2.09. The normalized spacial score (nSPS) is 12.2. The Morgan fingerprint density at radius 2 is 2.05 bits per heavy atom. The minimum atomic E-state index is -1.11. The number of hydrogen-bond acceptors (Lipinski definition) is 2. The molecule has 1 N–H and O–H groups in total. The zero-order valence-electron chi connectivity index (χ0n) is 10.8. The number of carboxylic acid groups (broad SMARTS) is 1. The zero-order chi connectivity index (χ0) is 14.7. The maximum Gasteiger partial charge on any atom is 0.313 e. The van der Waals surface area contributed by atoms with E-state index < -0.39 is 17.7 Å². The number of carboxylic acids is 1. The maximum atomic E-state index is 13.8. The van der Waals surface area contributed by atoms with E-state index in [2.05, 4.69) is 4.98 Å². The average Bonchev–Trinajstić information content (AvgIpc) is 2.39. The summed E-state index contributed by atoms with van der Waals surface area (Å²) >= 11 is 5.63. The molecule has 0 saturated carbocycles. The van der Waals surface area contributed by atoms with E-state index in [1.807, 2.05) is 31.2 Å². The van der Waals surface area contributed by atoms with Crippen LogP contribution in [-0.2, 0) is 11.2 Å². The van der Waals surface area contributed by atoms with Crippen LogP contribution < -0.4 is 0 Å². The van der Waals surface area contributed by atoms with Crippen LogP contribution in [0.5, 0.6) is 0 Å². The molecule has 0 bridgehead atoms. The van der Waals surface area contributed by atoms with Crippen LogP contribution in [0.25, 0.3) is 0 Å². The van der Waals surface area contributed by atoms with Gasteiger partial charge in [0.15, 0.2) is 0 Å². The van der Waals surface area contributed by atoms with Crippen LogP contribution in [0.4, 0.5) is 4.39 Å². The van der Waals surface area contributed by atoms with E-state index in [-0.39, 0.29) is 17.1 Å². The maximum absolute atomic E-state index is 13.8. The van der Waals surface area contributed by atoms with Crippen molar-refractivity contribution in [2.45, 2.75) is 19.3 Å². The molecule has 3 nitrogen and oxygen atoms in total. The minimum Gasteiger partial charge on any atom is -0.481 e. The first-order valence-electron chi connectivity index (χ1n) is 6.06. The third-order valence-corrected chi connectivity index (χ3v) is 3.23. The molecule has 0 aliphatic rings. The summed E-state index contributed by atoms with van der Waals surface area (Å²) in [6.07, 6.45) is 1.44.